The first-order chi connectivity index (χ1) is 5.39. The smallest absolute Gasteiger partial charge is 0.00357 e. The van der Waals surface area contributed by atoms with Gasteiger partial charge in [0.1, 0.15) is 0 Å². The molecule has 0 aliphatic heterocycles. The monoisotopic (exact) mass is 171 g/mol. The molecular formula is C11H25N. The first kappa shape index (κ1) is 12.0. The summed E-state index contributed by atoms with van der Waals surface area (Å²) in [7, 11) is 2.21. The van der Waals surface area contributed by atoms with Crippen LogP contribution in [0.15, 0.2) is 0 Å². The number of hydrogen-bond donors (Lipinski definition) is 0. The van der Waals surface area contributed by atoms with E-state index in [2.05, 4.69) is 46.6 Å². The zero-order chi connectivity index (χ0) is 9.78. The van der Waals surface area contributed by atoms with Gasteiger partial charge in [-0.3, -0.25) is 0 Å². The summed E-state index contributed by atoms with van der Waals surface area (Å²) >= 11 is 0. The van der Waals surface area contributed by atoms with Gasteiger partial charge in [0.05, 0.1) is 0 Å². The van der Waals surface area contributed by atoms with Crippen molar-refractivity contribution in [3.63, 3.8) is 0 Å². The van der Waals surface area contributed by atoms with E-state index in [4.69, 9.17) is 0 Å². The first-order valence-corrected chi connectivity index (χ1v) is 5.09. The van der Waals surface area contributed by atoms with E-state index in [1.165, 1.54) is 19.4 Å². The zero-order valence-electron chi connectivity index (χ0n) is 9.65. The van der Waals surface area contributed by atoms with E-state index in [1.807, 2.05) is 0 Å². The Hall–Kier alpha value is -0.0400. The molecule has 0 amide bonds. The molecule has 0 saturated carbocycles. The Morgan fingerprint density at radius 1 is 1.25 bits per heavy atom. The van der Waals surface area contributed by atoms with Crippen LogP contribution in [-0.2, 0) is 0 Å². The second kappa shape index (κ2) is 4.86. The minimum Gasteiger partial charge on any atom is -0.303 e. The molecule has 0 heterocycles. The molecule has 0 atom stereocenters. The fraction of sp³-hybridized carbons (Fsp3) is 1.00. The highest BCUT2D eigenvalue weighted by atomic mass is 15.1. The van der Waals surface area contributed by atoms with Crippen LogP contribution in [-0.4, -0.2) is 24.5 Å². The van der Waals surface area contributed by atoms with Crippen molar-refractivity contribution < 1.29 is 0 Å². The molecule has 0 aromatic rings. The molecule has 0 aromatic carbocycles. The Labute approximate surface area is 78.1 Å². The molecule has 0 fully saturated rings. The van der Waals surface area contributed by atoms with E-state index < -0.39 is 0 Å². The lowest BCUT2D eigenvalue weighted by Crippen LogP contribution is -2.35. The third-order valence-electron chi connectivity index (χ3n) is 2.49. The zero-order valence-corrected chi connectivity index (χ0v) is 9.65. The summed E-state index contributed by atoms with van der Waals surface area (Å²) in [4.78, 5) is 2.43. The maximum atomic E-state index is 2.43. The van der Waals surface area contributed by atoms with Crippen LogP contribution in [0.1, 0.15) is 47.5 Å². The third kappa shape index (κ3) is 4.76. The van der Waals surface area contributed by atoms with Crippen LogP contribution in [0.4, 0.5) is 0 Å². The molecule has 0 aromatic heterocycles. The second-order valence-electron chi connectivity index (χ2n) is 4.92. The molecule has 1 heteroatoms. The Kier molecular flexibility index (Phi) is 4.84. The van der Waals surface area contributed by atoms with Crippen LogP contribution in [0, 0.1) is 5.41 Å². The molecule has 0 N–H and O–H groups in total. The Bertz CT molecular complexity index is 116. The van der Waals surface area contributed by atoms with Gasteiger partial charge in [-0.15, -0.1) is 0 Å². The van der Waals surface area contributed by atoms with Crippen LogP contribution in [0.2, 0.25) is 0 Å². The maximum Gasteiger partial charge on any atom is 0.00357 e. The normalized spacial score (nSPS) is 13.0. The Balaban J connectivity index is 3.87. The van der Waals surface area contributed by atoms with Gasteiger partial charge in [-0.25, -0.2) is 0 Å². The van der Waals surface area contributed by atoms with Gasteiger partial charge in [0.15, 0.2) is 0 Å². The molecule has 0 spiro atoms. The van der Waals surface area contributed by atoms with Crippen molar-refractivity contribution in [1.29, 1.82) is 0 Å². The van der Waals surface area contributed by atoms with E-state index in [9.17, 15) is 0 Å². The van der Waals surface area contributed by atoms with Crippen molar-refractivity contribution in [3.8, 4) is 0 Å². The van der Waals surface area contributed by atoms with E-state index >= 15 is 0 Å². The van der Waals surface area contributed by atoms with Gasteiger partial charge in [-0.2, -0.15) is 0 Å². The van der Waals surface area contributed by atoms with Crippen molar-refractivity contribution in [3.05, 3.63) is 0 Å². The van der Waals surface area contributed by atoms with Gasteiger partial charge in [0, 0.05) is 12.6 Å². The Morgan fingerprint density at radius 3 is 2.08 bits per heavy atom. The molecule has 0 radical (unpaired) electrons. The van der Waals surface area contributed by atoms with Crippen molar-refractivity contribution in [1.82, 2.24) is 4.90 Å². The molecule has 1 nitrogen and oxygen atoms in total. The fourth-order valence-electron chi connectivity index (χ4n) is 1.61. The number of hydrogen-bond acceptors (Lipinski definition) is 1. The standard InChI is InChI=1S/C11H25N/c1-7-8-11(4,5)9-12(6)10(2)3/h10H,7-9H2,1-6H3. The summed E-state index contributed by atoms with van der Waals surface area (Å²) in [6, 6.07) is 0.668. The third-order valence-corrected chi connectivity index (χ3v) is 2.49. The van der Waals surface area contributed by atoms with E-state index in [-0.39, 0.29) is 0 Å². The van der Waals surface area contributed by atoms with Crippen LogP contribution in [0.25, 0.3) is 0 Å². The molecule has 0 saturated heterocycles. The summed E-state index contributed by atoms with van der Waals surface area (Å²) in [6.07, 6.45) is 2.61. The van der Waals surface area contributed by atoms with Gasteiger partial charge >= 0.3 is 0 Å². The molecular weight excluding hydrogens is 146 g/mol. The van der Waals surface area contributed by atoms with Crippen molar-refractivity contribution in [2.75, 3.05) is 13.6 Å². The Morgan fingerprint density at radius 2 is 1.75 bits per heavy atom. The largest absolute Gasteiger partial charge is 0.303 e. The van der Waals surface area contributed by atoms with Crippen LogP contribution in [0.5, 0.6) is 0 Å². The van der Waals surface area contributed by atoms with Crippen molar-refractivity contribution in [2.24, 2.45) is 5.41 Å². The summed E-state index contributed by atoms with van der Waals surface area (Å²) in [5.74, 6) is 0. The highest BCUT2D eigenvalue weighted by Crippen LogP contribution is 2.23. The summed E-state index contributed by atoms with van der Waals surface area (Å²) in [6.45, 7) is 12.7. The predicted molar refractivity (Wildman–Crippen MR) is 56.5 cm³/mol. The quantitative estimate of drug-likeness (QED) is 0.614. The first-order valence-electron chi connectivity index (χ1n) is 5.09. The summed E-state index contributed by atoms with van der Waals surface area (Å²) in [5, 5.41) is 0. The lowest BCUT2D eigenvalue weighted by Gasteiger charge is -2.32. The fourth-order valence-corrected chi connectivity index (χ4v) is 1.61. The van der Waals surface area contributed by atoms with Gasteiger partial charge in [-0.1, -0.05) is 27.2 Å². The van der Waals surface area contributed by atoms with E-state index in [1.54, 1.807) is 0 Å². The predicted octanol–water partition coefficient (Wildman–Crippen LogP) is 3.15. The topological polar surface area (TPSA) is 3.24 Å². The molecule has 0 rings (SSSR count). The average Bonchev–Trinajstić information content (AvgIpc) is 1.85. The SMILES string of the molecule is CCCC(C)(C)CN(C)C(C)C. The molecule has 0 aliphatic carbocycles. The minimum absolute atomic E-state index is 0.480. The van der Waals surface area contributed by atoms with E-state index in [0.717, 1.165) is 0 Å². The number of rotatable bonds is 5. The average molecular weight is 171 g/mol. The summed E-state index contributed by atoms with van der Waals surface area (Å²) in [5.41, 5.74) is 0.480. The lowest BCUT2D eigenvalue weighted by atomic mass is 9.87. The van der Waals surface area contributed by atoms with Crippen LogP contribution in [0.3, 0.4) is 0 Å². The number of nitrogens with zero attached hydrogens (tertiary/aromatic N) is 1. The molecule has 74 valence electrons. The molecule has 0 aliphatic rings. The molecule has 12 heavy (non-hydrogen) atoms. The highest BCUT2D eigenvalue weighted by molar-refractivity contribution is 4.73. The van der Waals surface area contributed by atoms with Gasteiger partial charge in [0.25, 0.3) is 0 Å². The van der Waals surface area contributed by atoms with Gasteiger partial charge in [0.2, 0.25) is 0 Å². The van der Waals surface area contributed by atoms with Gasteiger partial charge in [-0.05, 0) is 32.7 Å². The minimum atomic E-state index is 0.480. The summed E-state index contributed by atoms with van der Waals surface area (Å²) < 4.78 is 0. The second-order valence-corrected chi connectivity index (χ2v) is 4.92. The molecule has 0 unspecified atom stereocenters. The van der Waals surface area contributed by atoms with Crippen LogP contribution >= 0.6 is 0 Å². The van der Waals surface area contributed by atoms with Gasteiger partial charge < -0.3 is 4.90 Å². The van der Waals surface area contributed by atoms with E-state index in [0.29, 0.717) is 11.5 Å². The van der Waals surface area contributed by atoms with Crippen molar-refractivity contribution in [2.45, 2.75) is 53.5 Å². The van der Waals surface area contributed by atoms with Crippen molar-refractivity contribution >= 4 is 0 Å². The lowest BCUT2D eigenvalue weighted by molar-refractivity contribution is 0.167. The molecule has 0 bridgehead atoms. The maximum absolute atomic E-state index is 2.43. The highest BCUT2D eigenvalue weighted by Gasteiger charge is 2.19. The van der Waals surface area contributed by atoms with Crippen LogP contribution < -0.4 is 0 Å².